The first kappa shape index (κ1) is 26.2. The number of benzene rings is 2. The van der Waals surface area contributed by atoms with Gasteiger partial charge in [-0.05, 0) is 37.1 Å². The maximum atomic E-state index is 13.4. The first-order chi connectivity index (χ1) is 17.0. The average molecular weight is 550 g/mol. The summed E-state index contributed by atoms with van der Waals surface area (Å²) in [6.07, 6.45) is 1.86. The molecule has 1 saturated heterocycles. The fourth-order valence-corrected chi connectivity index (χ4v) is 5.48. The van der Waals surface area contributed by atoms with E-state index in [1.54, 1.807) is 48.5 Å². The molecule has 0 unspecified atom stereocenters. The van der Waals surface area contributed by atoms with E-state index in [9.17, 15) is 18.0 Å². The normalized spacial score (nSPS) is 15.1. The second kappa shape index (κ2) is 10.6. The molecular formula is C24H25Cl2N5O4S. The standard InChI is InChI=1S/C24H25Cl2N5O4S/c1-36(34,35)30-12-10-17(11-13-30)28-24(33)22-18(14-21(27)32)23(15-6-8-16(25)9-7-15)31(29-22)20-5-3-2-4-19(20)26/h2-9,17H,10-14H2,1H3,(H2,27,32)(H,28,33). The summed E-state index contributed by atoms with van der Waals surface area (Å²) >= 11 is 12.6. The van der Waals surface area contributed by atoms with Crippen molar-refractivity contribution in [3.05, 3.63) is 69.8 Å². The minimum atomic E-state index is -3.29. The molecule has 2 heterocycles. The van der Waals surface area contributed by atoms with E-state index in [1.807, 2.05) is 0 Å². The van der Waals surface area contributed by atoms with Crippen molar-refractivity contribution >= 4 is 45.0 Å². The fourth-order valence-electron chi connectivity index (χ4n) is 4.26. The Kier molecular flexibility index (Phi) is 7.70. The van der Waals surface area contributed by atoms with Gasteiger partial charge in [-0.1, -0.05) is 47.5 Å². The van der Waals surface area contributed by atoms with Gasteiger partial charge in [0, 0.05) is 35.3 Å². The van der Waals surface area contributed by atoms with Gasteiger partial charge in [-0.2, -0.15) is 5.10 Å². The summed E-state index contributed by atoms with van der Waals surface area (Å²) in [5.74, 6) is -1.11. The van der Waals surface area contributed by atoms with E-state index in [4.69, 9.17) is 28.9 Å². The molecule has 1 aliphatic rings. The maximum absolute atomic E-state index is 13.4. The Labute approximate surface area is 219 Å². The molecule has 0 spiro atoms. The molecule has 36 heavy (non-hydrogen) atoms. The second-order valence-electron chi connectivity index (χ2n) is 8.60. The first-order valence-corrected chi connectivity index (χ1v) is 13.8. The van der Waals surface area contributed by atoms with Crippen LogP contribution >= 0.6 is 23.2 Å². The number of rotatable bonds is 7. The lowest BCUT2D eigenvalue weighted by Gasteiger charge is -2.30. The van der Waals surface area contributed by atoms with Crippen LogP contribution in [0.2, 0.25) is 10.0 Å². The van der Waals surface area contributed by atoms with Crippen LogP contribution in [-0.4, -0.2) is 59.7 Å². The zero-order valence-corrected chi connectivity index (χ0v) is 21.8. The number of nitrogens with one attached hydrogen (secondary N) is 1. The molecule has 0 bridgehead atoms. The third-order valence-electron chi connectivity index (χ3n) is 6.01. The van der Waals surface area contributed by atoms with E-state index in [0.717, 1.165) is 0 Å². The van der Waals surface area contributed by atoms with Gasteiger partial charge >= 0.3 is 0 Å². The van der Waals surface area contributed by atoms with E-state index in [2.05, 4.69) is 10.4 Å². The number of carbonyl (C=O) groups is 2. The van der Waals surface area contributed by atoms with Crippen LogP contribution in [0.25, 0.3) is 16.9 Å². The Balaban J connectivity index is 1.76. The van der Waals surface area contributed by atoms with E-state index in [-0.39, 0.29) is 18.2 Å². The number of aromatic nitrogens is 2. The van der Waals surface area contributed by atoms with Crippen LogP contribution < -0.4 is 11.1 Å². The van der Waals surface area contributed by atoms with E-state index < -0.39 is 21.8 Å². The number of sulfonamides is 1. The number of hydrogen-bond donors (Lipinski definition) is 2. The van der Waals surface area contributed by atoms with Crippen molar-refractivity contribution < 1.29 is 18.0 Å². The molecule has 9 nitrogen and oxygen atoms in total. The number of amides is 2. The summed E-state index contributed by atoms with van der Waals surface area (Å²) in [6, 6.07) is 13.7. The molecule has 0 saturated carbocycles. The number of nitrogens with two attached hydrogens (primary N) is 1. The predicted octanol–water partition coefficient (Wildman–Crippen LogP) is 3.03. The molecule has 190 valence electrons. The Morgan fingerprint density at radius 3 is 2.31 bits per heavy atom. The van der Waals surface area contributed by atoms with Gasteiger partial charge in [0.25, 0.3) is 5.91 Å². The lowest BCUT2D eigenvalue weighted by Crippen LogP contribution is -2.46. The van der Waals surface area contributed by atoms with Crippen molar-refractivity contribution in [1.29, 1.82) is 0 Å². The number of primary amides is 1. The van der Waals surface area contributed by atoms with Crippen molar-refractivity contribution in [3.63, 3.8) is 0 Å². The van der Waals surface area contributed by atoms with Gasteiger partial charge in [0.05, 0.1) is 29.1 Å². The van der Waals surface area contributed by atoms with Crippen LogP contribution in [0.5, 0.6) is 0 Å². The third-order valence-corrected chi connectivity index (χ3v) is 7.88. The minimum Gasteiger partial charge on any atom is -0.369 e. The highest BCUT2D eigenvalue weighted by Gasteiger charge is 2.30. The molecule has 3 aromatic rings. The summed E-state index contributed by atoms with van der Waals surface area (Å²) in [4.78, 5) is 25.5. The highest BCUT2D eigenvalue weighted by Crippen LogP contribution is 2.33. The SMILES string of the molecule is CS(=O)(=O)N1CCC(NC(=O)c2nn(-c3ccccc3Cl)c(-c3ccc(Cl)cc3)c2CC(N)=O)CC1. The molecule has 0 atom stereocenters. The van der Waals surface area contributed by atoms with Gasteiger partial charge < -0.3 is 11.1 Å². The van der Waals surface area contributed by atoms with Crippen LogP contribution in [0.15, 0.2) is 48.5 Å². The summed E-state index contributed by atoms with van der Waals surface area (Å²) in [5.41, 5.74) is 7.66. The molecule has 12 heteroatoms. The van der Waals surface area contributed by atoms with Crippen LogP contribution in [0.4, 0.5) is 0 Å². The molecule has 2 amide bonds. The van der Waals surface area contributed by atoms with Crippen LogP contribution in [-0.2, 0) is 21.2 Å². The van der Waals surface area contributed by atoms with Crippen molar-refractivity contribution in [2.75, 3.05) is 19.3 Å². The van der Waals surface area contributed by atoms with Gasteiger partial charge in [0.2, 0.25) is 15.9 Å². The molecule has 3 N–H and O–H groups in total. The highest BCUT2D eigenvalue weighted by molar-refractivity contribution is 7.88. The van der Waals surface area contributed by atoms with E-state index in [0.29, 0.717) is 58.5 Å². The molecule has 1 aromatic heterocycles. The lowest BCUT2D eigenvalue weighted by atomic mass is 10.0. The largest absolute Gasteiger partial charge is 0.369 e. The smallest absolute Gasteiger partial charge is 0.272 e. The van der Waals surface area contributed by atoms with Gasteiger partial charge in [-0.25, -0.2) is 17.4 Å². The molecule has 2 aromatic carbocycles. The van der Waals surface area contributed by atoms with Gasteiger partial charge in [-0.3, -0.25) is 9.59 Å². The molecule has 1 aliphatic heterocycles. The molecule has 4 rings (SSSR count). The average Bonchev–Trinajstić information content (AvgIpc) is 3.18. The highest BCUT2D eigenvalue weighted by atomic mass is 35.5. The summed E-state index contributed by atoms with van der Waals surface area (Å²) in [6.45, 7) is 0.615. The fraction of sp³-hybridized carbons (Fsp3) is 0.292. The summed E-state index contributed by atoms with van der Waals surface area (Å²) < 4.78 is 26.5. The molecule has 0 aliphatic carbocycles. The van der Waals surface area contributed by atoms with Crippen molar-refractivity contribution in [2.45, 2.75) is 25.3 Å². The number of hydrogen-bond acceptors (Lipinski definition) is 5. The zero-order valence-electron chi connectivity index (χ0n) is 19.4. The summed E-state index contributed by atoms with van der Waals surface area (Å²) in [7, 11) is -3.29. The van der Waals surface area contributed by atoms with Gasteiger partial charge in [0.1, 0.15) is 0 Å². The minimum absolute atomic E-state index is 0.0456. The van der Waals surface area contributed by atoms with Crippen LogP contribution in [0.1, 0.15) is 28.9 Å². The van der Waals surface area contributed by atoms with Crippen molar-refractivity contribution in [3.8, 4) is 16.9 Å². The first-order valence-electron chi connectivity index (χ1n) is 11.2. The second-order valence-corrected chi connectivity index (χ2v) is 11.4. The Morgan fingerprint density at radius 2 is 1.72 bits per heavy atom. The topological polar surface area (TPSA) is 127 Å². The Bertz CT molecular complexity index is 1400. The predicted molar refractivity (Wildman–Crippen MR) is 139 cm³/mol. The third kappa shape index (κ3) is 5.73. The zero-order chi connectivity index (χ0) is 26.0. The molecular weight excluding hydrogens is 525 g/mol. The number of para-hydroxylation sites is 1. The molecule has 1 fully saturated rings. The Hall–Kier alpha value is -2.92. The molecule has 0 radical (unpaired) electrons. The van der Waals surface area contributed by atoms with Crippen LogP contribution in [0.3, 0.4) is 0 Å². The quantitative estimate of drug-likeness (QED) is 0.468. The van der Waals surface area contributed by atoms with Gasteiger partial charge in [-0.15, -0.1) is 0 Å². The number of piperidine rings is 1. The lowest BCUT2D eigenvalue weighted by molar-refractivity contribution is -0.117. The number of carbonyl (C=O) groups excluding carboxylic acids is 2. The Morgan fingerprint density at radius 1 is 1.08 bits per heavy atom. The number of halogens is 2. The van der Waals surface area contributed by atoms with Crippen molar-refractivity contribution in [2.24, 2.45) is 5.73 Å². The monoisotopic (exact) mass is 549 g/mol. The summed E-state index contributed by atoms with van der Waals surface area (Å²) in [5, 5.41) is 8.46. The number of nitrogens with zero attached hydrogens (tertiary/aromatic N) is 3. The van der Waals surface area contributed by atoms with E-state index >= 15 is 0 Å². The van der Waals surface area contributed by atoms with Crippen LogP contribution in [0, 0.1) is 0 Å². The van der Waals surface area contributed by atoms with Gasteiger partial charge in [0.15, 0.2) is 5.69 Å². The maximum Gasteiger partial charge on any atom is 0.272 e. The van der Waals surface area contributed by atoms with E-state index in [1.165, 1.54) is 15.2 Å². The van der Waals surface area contributed by atoms with Crippen molar-refractivity contribution in [1.82, 2.24) is 19.4 Å².